The number of aromatic amines is 1. The van der Waals surface area contributed by atoms with Gasteiger partial charge in [0.1, 0.15) is 11.6 Å². The number of anilines is 2. The molecular weight excluding hydrogens is 338 g/mol. The Morgan fingerprint density at radius 1 is 0.963 bits per heavy atom. The molecule has 1 aliphatic heterocycles. The lowest BCUT2D eigenvalue weighted by molar-refractivity contribution is 0.0946. The van der Waals surface area contributed by atoms with Crippen LogP contribution in [-0.4, -0.2) is 27.4 Å². The van der Waals surface area contributed by atoms with Gasteiger partial charge < -0.3 is 15.6 Å². The Kier molecular flexibility index (Phi) is 3.60. The molecule has 1 amide bonds. The SMILES string of the molecule is O=C1NCCc2[nH]c(-c3cccc4ccc(Nc5ccccn5)nc34)cc21. The van der Waals surface area contributed by atoms with Crippen LogP contribution in [0.3, 0.4) is 0 Å². The van der Waals surface area contributed by atoms with Crippen molar-refractivity contribution in [1.29, 1.82) is 0 Å². The summed E-state index contributed by atoms with van der Waals surface area (Å²) in [6.07, 6.45) is 2.55. The van der Waals surface area contributed by atoms with Crippen LogP contribution in [-0.2, 0) is 6.42 Å². The first-order valence-corrected chi connectivity index (χ1v) is 8.86. The highest BCUT2D eigenvalue weighted by Crippen LogP contribution is 2.30. The minimum atomic E-state index is -0.0237. The van der Waals surface area contributed by atoms with Crippen LogP contribution in [0.25, 0.3) is 22.2 Å². The molecule has 0 aliphatic carbocycles. The van der Waals surface area contributed by atoms with Gasteiger partial charge in [-0.2, -0.15) is 0 Å². The first kappa shape index (κ1) is 15.6. The predicted octanol–water partition coefficient (Wildman–Crippen LogP) is 3.65. The summed E-state index contributed by atoms with van der Waals surface area (Å²) in [5.74, 6) is 1.45. The highest BCUT2D eigenvalue weighted by Gasteiger charge is 2.20. The van der Waals surface area contributed by atoms with Crippen molar-refractivity contribution in [2.75, 3.05) is 11.9 Å². The number of nitrogens with one attached hydrogen (secondary N) is 3. The quantitative estimate of drug-likeness (QED) is 0.524. The van der Waals surface area contributed by atoms with Crippen LogP contribution in [0.2, 0.25) is 0 Å². The van der Waals surface area contributed by atoms with Gasteiger partial charge in [0.25, 0.3) is 5.91 Å². The van der Waals surface area contributed by atoms with Crippen molar-refractivity contribution < 1.29 is 4.79 Å². The van der Waals surface area contributed by atoms with E-state index in [0.717, 1.165) is 51.5 Å². The Morgan fingerprint density at radius 2 is 1.93 bits per heavy atom. The van der Waals surface area contributed by atoms with Crippen LogP contribution < -0.4 is 10.6 Å². The molecule has 3 N–H and O–H groups in total. The molecule has 0 spiro atoms. The first-order valence-electron chi connectivity index (χ1n) is 8.86. The smallest absolute Gasteiger partial charge is 0.253 e. The number of hydrogen-bond donors (Lipinski definition) is 3. The van der Waals surface area contributed by atoms with Crippen molar-refractivity contribution in [2.24, 2.45) is 0 Å². The fourth-order valence-electron chi connectivity index (χ4n) is 3.44. The molecule has 1 aromatic carbocycles. The van der Waals surface area contributed by atoms with E-state index in [1.54, 1.807) is 6.20 Å². The number of aromatic nitrogens is 3. The standard InChI is InChI=1S/C21H17N5O/c27-21-15-12-17(24-16(15)9-11-23-21)14-5-3-4-13-7-8-19(26-20(13)14)25-18-6-1-2-10-22-18/h1-8,10,12,24H,9,11H2,(H,23,27)(H,22,25,26). The number of pyridine rings is 2. The maximum absolute atomic E-state index is 12.1. The lowest BCUT2D eigenvalue weighted by Gasteiger charge is -2.11. The zero-order valence-corrected chi connectivity index (χ0v) is 14.5. The minimum absolute atomic E-state index is 0.0237. The number of amides is 1. The number of nitrogens with zero attached hydrogens (tertiary/aromatic N) is 2. The van der Waals surface area contributed by atoms with Crippen LogP contribution in [0.5, 0.6) is 0 Å². The topological polar surface area (TPSA) is 82.7 Å². The molecule has 0 saturated carbocycles. The molecule has 0 saturated heterocycles. The van der Waals surface area contributed by atoms with Crippen LogP contribution in [0.1, 0.15) is 16.1 Å². The summed E-state index contributed by atoms with van der Waals surface area (Å²) in [7, 11) is 0. The Hall–Kier alpha value is -3.67. The van der Waals surface area contributed by atoms with Gasteiger partial charge in [0.2, 0.25) is 0 Å². The fourth-order valence-corrected chi connectivity index (χ4v) is 3.44. The molecule has 6 nitrogen and oxygen atoms in total. The zero-order chi connectivity index (χ0) is 18.2. The van der Waals surface area contributed by atoms with E-state index in [1.165, 1.54) is 0 Å². The number of rotatable bonds is 3. The lowest BCUT2D eigenvalue weighted by Crippen LogP contribution is -2.31. The van der Waals surface area contributed by atoms with Gasteiger partial charge in [0.15, 0.2) is 0 Å². The number of H-pyrrole nitrogens is 1. The largest absolute Gasteiger partial charge is 0.358 e. The lowest BCUT2D eigenvalue weighted by atomic mass is 10.1. The Balaban J connectivity index is 1.60. The average Bonchev–Trinajstić information content (AvgIpc) is 3.14. The second-order valence-electron chi connectivity index (χ2n) is 6.49. The molecule has 27 heavy (non-hydrogen) atoms. The molecule has 0 unspecified atom stereocenters. The number of para-hydroxylation sites is 1. The summed E-state index contributed by atoms with van der Waals surface area (Å²) < 4.78 is 0. The van der Waals surface area contributed by atoms with Gasteiger partial charge in [-0.05, 0) is 30.3 Å². The van der Waals surface area contributed by atoms with Crippen LogP contribution >= 0.6 is 0 Å². The van der Waals surface area contributed by atoms with E-state index in [0.29, 0.717) is 6.54 Å². The van der Waals surface area contributed by atoms with Gasteiger partial charge in [-0.3, -0.25) is 4.79 Å². The zero-order valence-electron chi connectivity index (χ0n) is 14.5. The van der Waals surface area contributed by atoms with Gasteiger partial charge in [0.05, 0.1) is 11.1 Å². The summed E-state index contributed by atoms with van der Waals surface area (Å²) in [4.78, 5) is 24.6. The third-order valence-electron chi connectivity index (χ3n) is 4.74. The summed E-state index contributed by atoms with van der Waals surface area (Å²) >= 11 is 0. The van der Waals surface area contributed by atoms with E-state index >= 15 is 0 Å². The minimum Gasteiger partial charge on any atom is -0.358 e. The van der Waals surface area contributed by atoms with Gasteiger partial charge in [0, 0.05) is 41.5 Å². The normalized spacial score (nSPS) is 13.3. The molecule has 6 heteroatoms. The maximum Gasteiger partial charge on any atom is 0.253 e. The maximum atomic E-state index is 12.1. The molecular formula is C21H17N5O. The molecule has 4 heterocycles. The molecule has 132 valence electrons. The van der Waals surface area contributed by atoms with E-state index in [1.807, 2.05) is 54.6 Å². The van der Waals surface area contributed by atoms with E-state index in [-0.39, 0.29) is 5.91 Å². The average molecular weight is 355 g/mol. The van der Waals surface area contributed by atoms with Gasteiger partial charge in [-0.15, -0.1) is 0 Å². The molecule has 0 fully saturated rings. The third-order valence-corrected chi connectivity index (χ3v) is 4.74. The van der Waals surface area contributed by atoms with Gasteiger partial charge in [-0.1, -0.05) is 24.3 Å². The van der Waals surface area contributed by atoms with Gasteiger partial charge >= 0.3 is 0 Å². The molecule has 5 rings (SSSR count). The molecule has 3 aromatic heterocycles. The van der Waals surface area contributed by atoms with E-state index < -0.39 is 0 Å². The van der Waals surface area contributed by atoms with Crippen LogP contribution in [0, 0.1) is 0 Å². The van der Waals surface area contributed by atoms with E-state index in [9.17, 15) is 4.79 Å². The number of carbonyl (C=O) groups is 1. The number of hydrogen-bond acceptors (Lipinski definition) is 4. The molecule has 0 radical (unpaired) electrons. The highest BCUT2D eigenvalue weighted by atomic mass is 16.1. The second-order valence-corrected chi connectivity index (χ2v) is 6.49. The number of benzene rings is 1. The van der Waals surface area contributed by atoms with E-state index in [4.69, 9.17) is 4.98 Å². The second kappa shape index (κ2) is 6.25. The van der Waals surface area contributed by atoms with Crippen LogP contribution in [0.4, 0.5) is 11.6 Å². The number of fused-ring (bicyclic) bond motifs is 2. The molecule has 4 aromatic rings. The molecule has 1 aliphatic rings. The predicted molar refractivity (Wildman–Crippen MR) is 105 cm³/mol. The third kappa shape index (κ3) is 2.81. The van der Waals surface area contributed by atoms with Crippen molar-refractivity contribution in [1.82, 2.24) is 20.3 Å². The highest BCUT2D eigenvalue weighted by molar-refractivity contribution is 6.00. The monoisotopic (exact) mass is 355 g/mol. The van der Waals surface area contributed by atoms with Crippen molar-refractivity contribution >= 4 is 28.4 Å². The number of carbonyl (C=O) groups excluding carboxylic acids is 1. The van der Waals surface area contributed by atoms with Gasteiger partial charge in [-0.25, -0.2) is 9.97 Å². The Labute approximate surface area is 155 Å². The summed E-state index contributed by atoms with van der Waals surface area (Å²) in [5, 5.41) is 7.16. The Morgan fingerprint density at radius 3 is 2.78 bits per heavy atom. The van der Waals surface area contributed by atoms with Crippen molar-refractivity contribution in [3.8, 4) is 11.3 Å². The Bertz CT molecular complexity index is 1150. The first-order chi connectivity index (χ1) is 13.3. The van der Waals surface area contributed by atoms with Crippen molar-refractivity contribution in [2.45, 2.75) is 6.42 Å². The summed E-state index contributed by atoms with van der Waals surface area (Å²) in [6, 6.07) is 17.7. The molecule has 0 atom stereocenters. The fraction of sp³-hybridized carbons (Fsp3) is 0.0952. The molecule has 0 bridgehead atoms. The van der Waals surface area contributed by atoms with E-state index in [2.05, 4.69) is 20.6 Å². The van der Waals surface area contributed by atoms with Crippen molar-refractivity contribution in [3.63, 3.8) is 0 Å². The summed E-state index contributed by atoms with van der Waals surface area (Å²) in [5.41, 5.74) is 4.45. The van der Waals surface area contributed by atoms with Crippen LogP contribution in [0.15, 0.2) is 60.8 Å². The summed E-state index contributed by atoms with van der Waals surface area (Å²) in [6.45, 7) is 0.664. The van der Waals surface area contributed by atoms with Crippen molar-refractivity contribution in [3.05, 3.63) is 72.1 Å².